The molecule has 2 amide bonds. The van der Waals surface area contributed by atoms with Crippen LogP contribution in [0.3, 0.4) is 0 Å². The first-order chi connectivity index (χ1) is 11.0. The maximum atomic E-state index is 12.8. The Balaban J connectivity index is 1.67. The van der Waals surface area contributed by atoms with Gasteiger partial charge in [0.1, 0.15) is 5.82 Å². The molecule has 0 aromatic heterocycles. The minimum absolute atomic E-state index is 0.0928. The van der Waals surface area contributed by atoms with Crippen LogP contribution in [0.2, 0.25) is 0 Å². The third-order valence-electron chi connectivity index (χ3n) is 3.85. The molecule has 1 heterocycles. The maximum absolute atomic E-state index is 12.8. The van der Waals surface area contributed by atoms with Gasteiger partial charge in [-0.15, -0.1) is 0 Å². The van der Waals surface area contributed by atoms with E-state index in [9.17, 15) is 18.8 Å². The van der Waals surface area contributed by atoms with Crippen LogP contribution < -0.4 is 5.32 Å². The van der Waals surface area contributed by atoms with Crippen molar-refractivity contribution in [1.82, 2.24) is 10.2 Å². The fourth-order valence-electron chi connectivity index (χ4n) is 2.49. The molecule has 1 unspecified atom stereocenters. The van der Waals surface area contributed by atoms with E-state index >= 15 is 0 Å². The molecule has 124 valence electrons. The van der Waals surface area contributed by atoms with Crippen LogP contribution in [0.15, 0.2) is 24.3 Å². The van der Waals surface area contributed by atoms with Gasteiger partial charge < -0.3 is 15.3 Å². The van der Waals surface area contributed by atoms with Gasteiger partial charge in [0.25, 0.3) is 5.91 Å². The molecular weight excluding hydrogens is 303 g/mol. The van der Waals surface area contributed by atoms with E-state index in [1.807, 2.05) is 0 Å². The molecule has 1 aliphatic rings. The number of nitrogens with one attached hydrogen (secondary N) is 1. The topological polar surface area (TPSA) is 86.7 Å². The van der Waals surface area contributed by atoms with Crippen LogP contribution in [-0.2, 0) is 9.59 Å². The highest BCUT2D eigenvalue weighted by Crippen LogP contribution is 2.17. The lowest BCUT2D eigenvalue weighted by Crippen LogP contribution is -2.31. The standard InChI is InChI=1S/C16H19FN2O4/c17-13-5-3-11(4-6-13)15(21)18-8-1-2-14(20)19-9-7-12(10-19)16(22)23/h3-6,12H,1-2,7-10H2,(H,18,21)(H,22,23). The van der Waals surface area contributed by atoms with Crippen LogP contribution in [-0.4, -0.2) is 47.4 Å². The highest BCUT2D eigenvalue weighted by Gasteiger charge is 2.30. The van der Waals surface area contributed by atoms with E-state index in [4.69, 9.17) is 5.11 Å². The number of nitrogens with zero attached hydrogens (tertiary/aromatic N) is 1. The van der Waals surface area contributed by atoms with Gasteiger partial charge in [-0.25, -0.2) is 4.39 Å². The molecule has 1 aliphatic heterocycles. The Labute approximate surface area is 133 Å². The molecule has 0 aliphatic carbocycles. The molecule has 2 N–H and O–H groups in total. The van der Waals surface area contributed by atoms with E-state index in [1.165, 1.54) is 24.3 Å². The van der Waals surface area contributed by atoms with Crippen LogP contribution in [0.1, 0.15) is 29.6 Å². The number of halogens is 1. The molecule has 0 radical (unpaired) electrons. The molecule has 7 heteroatoms. The van der Waals surface area contributed by atoms with Gasteiger partial charge in [0.15, 0.2) is 0 Å². The molecule has 1 aromatic rings. The number of hydrogen-bond acceptors (Lipinski definition) is 3. The summed E-state index contributed by atoms with van der Waals surface area (Å²) in [7, 11) is 0. The molecule has 6 nitrogen and oxygen atoms in total. The van der Waals surface area contributed by atoms with E-state index in [2.05, 4.69) is 5.32 Å². The maximum Gasteiger partial charge on any atom is 0.308 e. The first-order valence-electron chi connectivity index (χ1n) is 7.51. The van der Waals surface area contributed by atoms with Crippen molar-refractivity contribution in [1.29, 1.82) is 0 Å². The highest BCUT2D eigenvalue weighted by molar-refractivity contribution is 5.94. The first-order valence-corrected chi connectivity index (χ1v) is 7.51. The summed E-state index contributed by atoms with van der Waals surface area (Å²) < 4.78 is 12.8. The van der Waals surface area contributed by atoms with Gasteiger partial charge in [-0.3, -0.25) is 14.4 Å². The van der Waals surface area contributed by atoms with Crippen molar-refractivity contribution in [2.45, 2.75) is 19.3 Å². The molecule has 0 saturated carbocycles. The van der Waals surface area contributed by atoms with Crippen molar-refractivity contribution in [2.75, 3.05) is 19.6 Å². The Morgan fingerprint density at radius 3 is 2.57 bits per heavy atom. The largest absolute Gasteiger partial charge is 0.481 e. The number of benzene rings is 1. The second kappa shape index (κ2) is 7.71. The number of carbonyl (C=O) groups is 3. The number of carbonyl (C=O) groups excluding carboxylic acids is 2. The highest BCUT2D eigenvalue weighted by atomic mass is 19.1. The Morgan fingerprint density at radius 1 is 1.26 bits per heavy atom. The van der Waals surface area contributed by atoms with E-state index in [1.54, 1.807) is 4.90 Å². The van der Waals surface area contributed by atoms with Crippen LogP contribution in [0.25, 0.3) is 0 Å². The quantitative estimate of drug-likeness (QED) is 0.772. The van der Waals surface area contributed by atoms with Crippen molar-refractivity contribution in [3.8, 4) is 0 Å². The predicted molar refractivity (Wildman–Crippen MR) is 80.3 cm³/mol. The summed E-state index contributed by atoms with van der Waals surface area (Å²) >= 11 is 0. The third-order valence-corrected chi connectivity index (χ3v) is 3.85. The van der Waals surface area contributed by atoms with Gasteiger partial charge in [-0.1, -0.05) is 0 Å². The molecule has 0 spiro atoms. The Kier molecular flexibility index (Phi) is 5.67. The second-order valence-corrected chi connectivity index (χ2v) is 5.53. The monoisotopic (exact) mass is 322 g/mol. The second-order valence-electron chi connectivity index (χ2n) is 5.53. The summed E-state index contributed by atoms with van der Waals surface area (Å²) in [5.41, 5.74) is 0.363. The van der Waals surface area contributed by atoms with Gasteiger partial charge in [0.05, 0.1) is 5.92 Å². The molecule has 1 saturated heterocycles. The lowest BCUT2D eigenvalue weighted by molar-refractivity contribution is -0.141. The zero-order valence-corrected chi connectivity index (χ0v) is 12.6. The molecule has 1 fully saturated rings. The lowest BCUT2D eigenvalue weighted by Gasteiger charge is -2.15. The van der Waals surface area contributed by atoms with E-state index in [0.717, 1.165) is 0 Å². The zero-order chi connectivity index (χ0) is 16.8. The summed E-state index contributed by atoms with van der Waals surface area (Å²) in [6, 6.07) is 5.22. The van der Waals surface area contributed by atoms with Crippen molar-refractivity contribution in [3.05, 3.63) is 35.6 Å². The van der Waals surface area contributed by atoms with Crippen LogP contribution in [0.5, 0.6) is 0 Å². The minimum atomic E-state index is -0.869. The SMILES string of the molecule is O=C(NCCCC(=O)N1CCC(C(=O)O)C1)c1ccc(F)cc1. The summed E-state index contributed by atoms with van der Waals surface area (Å²) in [4.78, 5) is 36.1. The van der Waals surface area contributed by atoms with Gasteiger partial charge in [-0.2, -0.15) is 0 Å². The number of rotatable bonds is 6. The fraction of sp³-hybridized carbons (Fsp3) is 0.438. The third kappa shape index (κ3) is 4.77. The smallest absolute Gasteiger partial charge is 0.308 e. The van der Waals surface area contributed by atoms with Gasteiger partial charge in [0, 0.05) is 31.6 Å². The average Bonchev–Trinajstić information content (AvgIpc) is 3.02. The average molecular weight is 322 g/mol. The normalized spacial score (nSPS) is 17.1. The van der Waals surface area contributed by atoms with Crippen molar-refractivity contribution in [3.63, 3.8) is 0 Å². The summed E-state index contributed by atoms with van der Waals surface area (Å²) in [6.45, 7) is 1.06. The zero-order valence-electron chi connectivity index (χ0n) is 12.6. The van der Waals surface area contributed by atoms with E-state index in [0.29, 0.717) is 31.5 Å². The number of likely N-dealkylation sites (tertiary alicyclic amines) is 1. The molecule has 1 aromatic carbocycles. The van der Waals surface area contributed by atoms with Gasteiger partial charge >= 0.3 is 5.97 Å². The molecule has 2 rings (SSSR count). The van der Waals surface area contributed by atoms with Crippen molar-refractivity contribution in [2.24, 2.45) is 5.92 Å². The Hall–Kier alpha value is -2.44. The van der Waals surface area contributed by atoms with Crippen LogP contribution in [0, 0.1) is 11.7 Å². The summed E-state index contributed by atoms with van der Waals surface area (Å²) in [6.07, 6.45) is 1.22. The summed E-state index contributed by atoms with van der Waals surface area (Å²) in [5, 5.41) is 11.6. The number of aliphatic carboxylic acids is 1. The minimum Gasteiger partial charge on any atom is -0.481 e. The lowest BCUT2D eigenvalue weighted by atomic mass is 10.1. The number of hydrogen-bond donors (Lipinski definition) is 2. The predicted octanol–water partition coefficient (Wildman–Crippen LogP) is 1.27. The molecule has 0 bridgehead atoms. The Bertz CT molecular complexity index is 588. The molecule has 23 heavy (non-hydrogen) atoms. The van der Waals surface area contributed by atoms with Crippen LogP contribution in [0.4, 0.5) is 4.39 Å². The van der Waals surface area contributed by atoms with Crippen LogP contribution >= 0.6 is 0 Å². The summed E-state index contributed by atoms with van der Waals surface area (Å²) in [5.74, 6) is -2.16. The number of carboxylic acids is 1. The Morgan fingerprint density at radius 2 is 1.96 bits per heavy atom. The fourth-order valence-corrected chi connectivity index (χ4v) is 2.49. The number of amides is 2. The van der Waals surface area contributed by atoms with Gasteiger partial charge in [0.2, 0.25) is 5.91 Å². The van der Waals surface area contributed by atoms with E-state index in [-0.39, 0.29) is 24.8 Å². The van der Waals surface area contributed by atoms with Gasteiger partial charge in [-0.05, 0) is 37.1 Å². The molecular formula is C16H19FN2O4. The molecule has 1 atom stereocenters. The number of carboxylic acid groups (broad SMARTS) is 1. The van der Waals surface area contributed by atoms with E-state index < -0.39 is 17.7 Å². The first kappa shape index (κ1) is 16.9. The van der Waals surface area contributed by atoms with Crippen molar-refractivity contribution < 1.29 is 23.9 Å². The van der Waals surface area contributed by atoms with Crippen molar-refractivity contribution >= 4 is 17.8 Å².